The van der Waals surface area contributed by atoms with Crippen molar-refractivity contribution in [3.05, 3.63) is 0 Å². The topological polar surface area (TPSA) is 105 Å². The Morgan fingerprint density at radius 1 is 1.48 bits per heavy atom. The van der Waals surface area contributed by atoms with E-state index in [0.717, 1.165) is 31.9 Å². The number of carbonyl (C=O) groups is 1. The number of carbonyl (C=O) groups excluding carboxylic acids is 1. The third-order valence-corrected chi connectivity index (χ3v) is 4.53. The number of hydrogen-bond donors (Lipinski definition) is 2. The number of rotatable bonds is 6. The molecule has 7 nitrogen and oxygen atoms in total. The summed E-state index contributed by atoms with van der Waals surface area (Å²) in [5, 5.41) is 3.18. The van der Waals surface area contributed by atoms with Crippen LogP contribution in [-0.4, -0.2) is 63.9 Å². The maximum atomic E-state index is 11.1. The van der Waals surface area contributed by atoms with Crippen molar-refractivity contribution in [3.63, 3.8) is 0 Å². The van der Waals surface area contributed by atoms with E-state index in [0.29, 0.717) is 19.4 Å². The molecule has 1 fully saturated rings. The monoisotopic (exact) mass is 318 g/mol. The number of aliphatic imine (C=N–C) groups is 1. The number of nitrogens with zero attached hydrogens (tertiary/aromatic N) is 2. The molecule has 0 aromatic heterocycles. The first-order valence-corrected chi connectivity index (χ1v) is 9.29. The quantitative estimate of drug-likeness (QED) is 0.393. The standard InChI is InChI=1S/C13H26N4O3S/c1-15-13(16-6-4-8-21(2,19)20)17-7-3-5-11(10-17)9-12(14)18/h11H,3-10H2,1-2H3,(H2,14,18)(H,15,16). The van der Waals surface area contributed by atoms with Crippen molar-refractivity contribution in [2.75, 3.05) is 38.7 Å². The van der Waals surface area contributed by atoms with E-state index >= 15 is 0 Å². The molecule has 0 radical (unpaired) electrons. The van der Waals surface area contributed by atoms with Crippen molar-refractivity contribution in [1.82, 2.24) is 10.2 Å². The maximum Gasteiger partial charge on any atom is 0.217 e. The molecule has 0 aromatic rings. The lowest BCUT2D eigenvalue weighted by Crippen LogP contribution is -2.47. The highest BCUT2D eigenvalue weighted by Gasteiger charge is 2.23. The number of sulfone groups is 1. The van der Waals surface area contributed by atoms with Crippen LogP contribution in [0.5, 0.6) is 0 Å². The van der Waals surface area contributed by atoms with Crippen LogP contribution in [0.15, 0.2) is 4.99 Å². The van der Waals surface area contributed by atoms with Crippen LogP contribution in [0.3, 0.4) is 0 Å². The molecule has 0 spiro atoms. The molecule has 0 aromatic carbocycles. The summed E-state index contributed by atoms with van der Waals surface area (Å²) in [6.45, 7) is 2.21. The summed E-state index contributed by atoms with van der Waals surface area (Å²) in [6, 6.07) is 0. The first-order chi connectivity index (χ1) is 9.81. The highest BCUT2D eigenvalue weighted by atomic mass is 32.2. The van der Waals surface area contributed by atoms with Crippen LogP contribution in [0.1, 0.15) is 25.7 Å². The molecule has 3 N–H and O–H groups in total. The second kappa shape index (κ2) is 8.21. The number of likely N-dealkylation sites (tertiary alicyclic amines) is 1. The van der Waals surface area contributed by atoms with Gasteiger partial charge in [0.2, 0.25) is 5.91 Å². The summed E-state index contributed by atoms with van der Waals surface area (Å²) in [4.78, 5) is 17.4. The summed E-state index contributed by atoms with van der Waals surface area (Å²) >= 11 is 0. The van der Waals surface area contributed by atoms with E-state index in [1.54, 1.807) is 7.05 Å². The summed E-state index contributed by atoms with van der Waals surface area (Å²) in [5.74, 6) is 0.933. The van der Waals surface area contributed by atoms with Crippen LogP contribution in [-0.2, 0) is 14.6 Å². The SMILES string of the molecule is CN=C(NCCCS(C)(=O)=O)N1CCCC(CC(N)=O)C1. The lowest BCUT2D eigenvalue weighted by molar-refractivity contribution is -0.119. The Labute approximate surface area is 126 Å². The molecule has 1 heterocycles. The zero-order chi connectivity index (χ0) is 15.9. The van der Waals surface area contributed by atoms with Crippen LogP contribution in [0, 0.1) is 5.92 Å². The van der Waals surface area contributed by atoms with Gasteiger partial charge >= 0.3 is 0 Å². The molecule has 1 saturated heterocycles. The zero-order valence-electron chi connectivity index (χ0n) is 12.8. The second-order valence-electron chi connectivity index (χ2n) is 5.58. The Kier molecular flexibility index (Phi) is 6.94. The molecule has 1 aliphatic rings. The molecule has 0 saturated carbocycles. The summed E-state index contributed by atoms with van der Waals surface area (Å²) in [7, 11) is -1.22. The van der Waals surface area contributed by atoms with Crippen molar-refractivity contribution in [3.8, 4) is 0 Å². The van der Waals surface area contributed by atoms with Crippen LogP contribution in [0.25, 0.3) is 0 Å². The van der Waals surface area contributed by atoms with E-state index in [9.17, 15) is 13.2 Å². The predicted octanol–water partition coefficient (Wildman–Crippen LogP) is -0.416. The Bertz CT molecular complexity index is 476. The van der Waals surface area contributed by atoms with Crippen LogP contribution in [0.2, 0.25) is 0 Å². The number of nitrogens with two attached hydrogens (primary N) is 1. The van der Waals surface area contributed by atoms with Gasteiger partial charge in [-0.1, -0.05) is 0 Å². The van der Waals surface area contributed by atoms with Crippen LogP contribution >= 0.6 is 0 Å². The number of nitrogens with one attached hydrogen (secondary N) is 1. The van der Waals surface area contributed by atoms with E-state index in [1.165, 1.54) is 6.26 Å². The van der Waals surface area contributed by atoms with Crippen molar-refractivity contribution < 1.29 is 13.2 Å². The molecule has 0 aliphatic carbocycles. The normalized spacial score (nSPS) is 20.4. The maximum absolute atomic E-state index is 11.1. The molecule has 1 rings (SSSR count). The van der Waals surface area contributed by atoms with Crippen molar-refractivity contribution in [1.29, 1.82) is 0 Å². The van der Waals surface area contributed by atoms with E-state index < -0.39 is 9.84 Å². The van der Waals surface area contributed by atoms with Crippen molar-refractivity contribution in [2.24, 2.45) is 16.6 Å². The molecule has 1 amide bonds. The van der Waals surface area contributed by atoms with Gasteiger partial charge in [0.25, 0.3) is 0 Å². The molecular formula is C13H26N4O3S. The van der Waals surface area contributed by atoms with Gasteiger partial charge in [-0.05, 0) is 25.2 Å². The van der Waals surface area contributed by atoms with Gasteiger partial charge in [-0.2, -0.15) is 0 Å². The van der Waals surface area contributed by atoms with E-state index in [4.69, 9.17) is 5.73 Å². The Balaban J connectivity index is 2.43. The summed E-state index contributed by atoms with van der Waals surface area (Å²) in [5.41, 5.74) is 5.26. The molecule has 1 aliphatic heterocycles. The number of guanidine groups is 1. The molecular weight excluding hydrogens is 292 g/mol. The van der Waals surface area contributed by atoms with Gasteiger partial charge in [0.1, 0.15) is 9.84 Å². The van der Waals surface area contributed by atoms with Gasteiger partial charge < -0.3 is 16.0 Å². The fraction of sp³-hybridized carbons (Fsp3) is 0.846. The fourth-order valence-corrected chi connectivity index (χ4v) is 3.24. The van der Waals surface area contributed by atoms with E-state index in [2.05, 4.69) is 15.2 Å². The Morgan fingerprint density at radius 2 is 2.19 bits per heavy atom. The minimum absolute atomic E-state index is 0.168. The van der Waals surface area contributed by atoms with E-state index in [-0.39, 0.29) is 17.6 Å². The van der Waals surface area contributed by atoms with Gasteiger partial charge in [0.15, 0.2) is 5.96 Å². The highest BCUT2D eigenvalue weighted by Crippen LogP contribution is 2.19. The minimum Gasteiger partial charge on any atom is -0.370 e. The average molecular weight is 318 g/mol. The first-order valence-electron chi connectivity index (χ1n) is 7.23. The van der Waals surface area contributed by atoms with Gasteiger partial charge in [-0.3, -0.25) is 9.79 Å². The van der Waals surface area contributed by atoms with Crippen molar-refractivity contribution >= 4 is 21.7 Å². The molecule has 21 heavy (non-hydrogen) atoms. The molecule has 0 bridgehead atoms. The van der Waals surface area contributed by atoms with Gasteiger partial charge in [-0.15, -0.1) is 0 Å². The average Bonchev–Trinajstić information content (AvgIpc) is 2.37. The van der Waals surface area contributed by atoms with Crippen LogP contribution < -0.4 is 11.1 Å². The van der Waals surface area contributed by atoms with Crippen LogP contribution in [0.4, 0.5) is 0 Å². The third-order valence-electron chi connectivity index (χ3n) is 3.50. The third kappa shape index (κ3) is 7.31. The number of amides is 1. The second-order valence-corrected chi connectivity index (χ2v) is 7.84. The highest BCUT2D eigenvalue weighted by molar-refractivity contribution is 7.90. The van der Waals surface area contributed by atoms with Gasteiger partial charge in [-0.25, -0.2) is 8.42 Å². The van der Waals surface area contributed by atoms with Crippen molar-refractivity contribution in [2.45, 2.75) is 25.7 Å². The number of piperidine rings is 1. The predicted molar refractivity (Wildman–Crippen MR) is 83.8 cm³/mol. The smallest absolute Gasteiger partial charge is 0.217 e. The van der Waals surface area contributed by atoms with E-state index in [1.807, 2.05) is 0 Å². The molecule has 8 heteroatoms. The minimum atomic E-state index is -2.92. The summed E-state index contributed by atoms with van der Waals surface area (Å²) < 4.78 is 22.2. The first kappa shape index (κ1) is 17.7. The number of hydrogen-bond acceptors (Lipinski definition) is 4. The summed E-state index contributed by atoms with van der Waals surface area (Å²) in [6.07, 6.45) is 4.20. The number of primary amides is 1. The Hall–Kier alpha value is -1.31. The van der Waals surface area contributed by atoms with Gasteiger partial charge in [0, 0.05) is 39.4 Å². The zero-order valence-corrected chi connectivity index (χ0v) is 13.7. The largest absolute Gasteiger partial charge is 0.370 e. The lowest BCUT2D eigenvalue weighted by atomic mass is 9.95. The molecule has 1 unspecified atom stereocenters. The molecule has 1 atom stereocenters. The lowest BCUT2D eigenvalue weighted by Gasteiger charge is -2.34. The Morgan fingerprint density at radius 3 is 2.76 bits per heavy atom. The van der Waals surface area contributed by atoms with Gasteiger partial charge in [0.05, 0.1) is 5.75 Å². The fourth-order valence-electron chi connectivity index (χ4n) is 2.58. The molecule has 122 valence electrons.